The molecule has 1 aliphatic heterocycles. The van der Waals surface area contributed by atoms with E-state index < -0.39 is 17.7 Å². The Morgan fingerprint density at radius 1 is 1.26 bits per heavy atom. The van der Waals surface area contributed by atoms with Gasteiger partial charge in [-0.3, -0.25) is 4.79 Å². The van der Waals surface area contributed by atoms with Crippen LogP contribution in [0.5, 0.6) is 0 Å². The zero-order valence-corrected chi connectivity index (χ0v) is 14.3. The van der Waals surface area contributed by atoms with Gasteiger partial charge in [0, 0.05) is 19.5 Å². The van der Waals surface area contributed by atoms with E-state index in [2.05, 4.69) is 10.1 Å². The average molecular weight is 329 g/mol. The van der Waals surface area contributed by atoms with E-state index in [1.54, 1.807) is 20.8 Å². The van der Waals surface area contributed by atoms with Crippen LogP contribution in [0.15, 0.2) is 0 Å². The van der Waals surface area contributed by atoms with Crippen LogP contribution in [0.2, 0.25) is 0 Å². The lowest BCUT2D eigenvalue weighted by atomic mass is 9.90. The van der Waals surface area contributed by atoms with E-state index in [-0.39, 0.29) is 24.3 Å². The maximum Gasteiger partial charge on any atom is 0.407 e. The Balaban J connectivity index is 2.61. The molecule has 0 aromatic carbocycles. The van der Waals surface area contributed by atoms with Crippen LogP contribution in [0, 0.1) is 5.92 Å². The molecule has 132 valence electrons. The summed E-state index contributed by atoms with van der Waals surface area (Å²) in [5, 5.41) is 2.77. The number of hydrogen-bond donors (Lipinski definition) is 2. The number of rotatable bonds is 4. The van der Waals surface area contributed by atoms with Gasteiger partial charge in [0.2, 0.25) is 0 Å². The summed E-state index contributed by atoms with van der Waals surface area (Å²) in [6.07, 6.45) is 0.969. The standard InChI is InChI=1S/C15H27N3O5/c1-15(2,3)23-14(21)17-11-7-10(5-6-12(19)22-4)8-18(9-11)13(16)20/h10-11H,5-9H2,1-4H3,(H2,16,20)(H,17,21). The topological polar surface area (TPSA) is 111 Å². The Labute approximate surface area is 136 Å². The second kappa shape index (κ2) is 8.03. The van der Waals surface area contributed by atoms with Gasteiger partial charge in [-0.1, -0.05) is 0 Å². The molecule has 2 atom stereocenters. The van der Waals surface area contributed by atoms with E-state index in [0.29, 0.717) is 25.9 Å². The number of likely N-dealkylation sites (tertiary alicyclic amines) is 1. The molecule has 3 amide bonds. The van der Waals surface area contributed by atoms with Crippen LogP contribution in [0.3, 0.4) is 0 Å². The molecule has 0 radical (unpaired) electrons. The summed E-state index contributed by atoms with van der Waals surface area (Å²) in [6.45, 7) is 6.15. The predicted octanol–water partition coefficient (Wildman–Crippen LogP) is 1.23. The van der Waals surface area contributed by atoms with Crippen LogP contribution in [-0.4, -0.2) is 54.8 Å². The van der Waals surface area contributed by atoms with Gasteiger partial charge in [0.05, 0.1) is 13.2 Å². The fourth-order valence-corrected chi connectivity index (χ4v) is 2.60. The first-order valence-electron chi connectivity index (χ1n) is 7.71. The smallest absolute Gasteiger partial charge is 0.407 e. The lowest BCUT2D eigenvalue weighted by Crippen LogP contribution is -2.54. The lowest BCUT2D eigenvalue weighted by Gasteiger charge is -2.37. The number of primary amides is 1. The van der Waals surface area contributed by atoms with Crippen LogP contribution >= 0.6 is 0 Å². The van der Waals surface area contributed by atoms with Crippen molar-refractivity contribution in [1.82, 2.24) is 10.2 Å². The van der Waals surface area contributed by atoms with Crippen LogP contribution in [-0.2, 0) is 14.3 Å². The number of carbonyl (C=O) groups is 3. The number of esters is 1. The van der Waals surface area contributed by atoms with E-state index in [1.807, 2.05) is 0 Å². The number of nitrogens with two attached hydrogens (primary N) is 1. The normalized spacial score (nSPS) is 21.5. The summed E-state index contributed by atoms with van der Waals surface area (Å²) in [7, 11) is 1.34. The van der Waals surface area contributed by atoms with Crippen molar-refractivity contribution in [3.63, 3.8) is 0 Å². The van der Waals surface area contributed by atoms with Crippen molar-refractivity contribution in [3.05, 3.63) is 0 Å². The molecule has 1 aliphatic rings. The summed E-state index contributed by atoms with van der Waals surface area (Å²) in [5.41, 5.74) is 4.77. The molecule has 2 unspecified atom stereocenters. The highest BCUT2D eigenvalue weighted by molar-refractivity contribution is 5.73. The Morgan fingerprint density at radius 2 is 1.91 bits per heavy atom. The molecule has 3 N–H and O–H groups in total. The van der Waals surface area contributed by atoms with Gasteiger partial charge in [-0.15, -0.1) is 0 Å². The molecule has 1 heterocycles. The fraction of sp³-hybridized carbons (Fsp3) is 0.800. The Morgan fingerprint density at radius 3 is 2.43 bits per heavy atom. The van der Waals surface area contributed by atoms with Crippen LogP contribution < -0.4 is 11.1 Å². The molecule has 1 fully saturated rings. The third kappa shape index (κ3) is 7.21. The minimum atomic E-state index is -0.591. The number of amides is 3. The van der Waals surface area contributed by atoms with Gasteiger partial charge in [0.25, 0.3) is 0 Å². The van der Waals surface area contributed by atoms with Gasteiger partial charge in [0.1, 0.15) is 5.60 Å². The monoisotopic (exact) mass is 329 g/mol. The molecule has 1 saturated heterocycles. The van der Waals surface area contributed by atoms with E-state index >= 15 is 0 Å². The first kappa shape index (κ1) is 19.1. The second-order valence-electron chi connectivity index (χ2n) is 6.80. The number of urea groups is 1. The molecular formula is C15H27N3O5. The van der Waals surface area contributed by atoms with Crippen molar-refractivity contribution in [2.45, 2.75) is 51.7 Å². The first-order chi connectivity index (χ1) is 10.6. The van der Waals surface area contributed by atoms with Crippen LogP contribution in [0.25, 0.3) is 0 Å². The maximum atomic E-state index is 11.9. The zero-order chi connectivity index (χ0) is 17.6. The van der Waals surface area contributed by atoms with Gasteiger partial charge < -0.3 is 25.4 Å². The molecule has 8 heteroatoms. The van der Waals surface area contributed by atoms with Gasteiger partial charge in [0.15, 0.2) is 0 Å². The van der Waals surface area contributed by atoms with Crippen molar-refractivity contribution in [2.75, 3.05) is 20.2 Å². The average Bonchev–Trinajstić information content (AvgIpc) is 2.42. The van der Waals surface area contributed by atoms with E-state index in [1.165, 1.54) is 12.0 Å². The highest BCUT2D eigenvalue weighted by Crippen LogP contribution is 2.22. The highest BCUT2D eigenvalue weighted by Gasteiger charge is 2.31. The number of hydrogen-bond acceptors (Lipinski definition) is 5. The minimum Gasteiger partial charge on any atom is -0.469 e. The molecule has 0 aromatic rings. The Kier molecular flexibility index (Phi) is 6.65. The van der Waals surface area contributed by atoms with Crippen molar-refractivity contribution in [1.29, 1.82) is 0 Å². The summed E-state index contributed by atoms with van der Waals surface area (Å²) in [4.78, 5) is 36.1. The van der Waals surface area contributed by atoms with E-state index in [0.717, 1.165) is 0 Å². The van der Waals surface area contributed by atoms with Gasteiger partial charge in [-0.05, 0) is 39.5 Å². The maximum absolute atomic E-state index is 11.9. The third-order valence-electron chi connectivity index (χ3n) is 3.55. The molecule has 0 saturated carbocycles. The highest BCUT2D eigenvalue weighted by atomic mass is 16.6. The van der Waals surface area contributed by atoms with Crippen molar-refractivity contribution < 1.29 is 23.9 Å². The second-order valence-corrected chi connectivity index (χ2v) is 6.80. The number of ether oxygens (including phenoxy) is 2. The number of alkyl carbamates (subject to hydrolysis) is 1. The third-order valence-corrected chi connectivity index (χ3v) is 3.55. The van der Waals surface area contributed by atoms with E-state index in [9.17, 15) is 14.4 Å². The van der Waals surface area contributed by atoms with Crippen LogP contribution in [0.1, 0.15) is 40.0 Å². The number of nitrogens with one attached hydrogen (secondary N) is 1. The first-order valence-corrected chi connectivity index (χ1v) is 7.71. The number of piperidine rings is 1. The van der Waals surface area contributed by atoms with Crippen molar-refractivity contribution in [2.24, 2.45) is 11.7 Å². The van der Waals surface area contributed by atoms with E-state index in [4.69, 9.17) is 10.5 Å². The summed E-state index contributed by atoms with van der Waals surface area (Å²) in [6, 6.07) is -0.794. The molecule has 0 spiro atoms. The minimum absolute atomic E-state index is 0.0651. The molecule has 0 bridgehead atoms. The summed E-state index contributed by atoms with van der Waals surface area (Å²) in [5.74, 6) is -0.229. The lowest BCUT2D eigenvalue weighted by molar-refractivity contribution is -0.141. The molecular weight excluding hydrogens is 302 g/mol. The van der Waals surface area contributed by atoms with Gasteiger partial charge in [-0.2, -0.15) is 0 Å². The summed E-state index contributed by atoms with van der Waals surface area (Å²) >= 11 is 0. The molecule has 0 aliphatic carbocycles. The predicted molar refractivity (Wildman–Crippen MR) is 83.7 cm³/mol. The van der Waals surface area contributed by atoms with Crippen molar-refractivity contribution >= 4 is 18.1 Å². The summed E-state index contributed by atoms with van der Waals surface area (Å²) < 4.78 is 9.86. The van der Waals surface area contributed by atoms with Gasteiger partial charge in [-0.25, -0.2) is 9.59 Å². The largest absolute Gasteiger partial charge is 0.469 e. The number of methoxy groups -OCH3 is 1. The molecule has 1 rings (SSSR count). The molecule has 0 aromatic heterocycles. The number of nitrogens with zero attached hydrogens (tertiary/aromatic N) is 1. The Bertz CT molecular complexity index is 447. The molecule has 8 nitrogen and oxygen atoms in total. The van der Waals surface area contributed by atoms with Crippen LogP contribution in [0.4, 0.5) is 9.59 Å². The SMILES string of the molecule is COC(=O)CCC1CC(NC(=O)OC(C)(C)C)CN(C(N)=O)C1. The fourth-order valence-electron chi connectivity index (χ4n) is 2.60. The molecule has 23 heavy (non-hydrogen) atoms. The zero-order valence-electron chi connectivity index (χ0n) is 14.3. The van der Waals surface area contributed by atoms with Gasteiger partial charge >= 0.3 is 18.1 Å². The quantitative estimate of drug-likeness (QED) is 0.754. The Hall–Kier alpha value is -1.99. The van der Waals surface area contributed by atoms with Crippen molar-refractivity contribution in [3.8, 4) is 0 Å². The number of carbonyl (C=O) groups excluding carboxylic acids is 3.